The van der Waals surface area contributed by atoms with E-state index in [9.17, 15) is 9.90 Å². The topological polar surface area (TPSA) is 75.1 Å². The number of aryl methyl sites for hydroxylation is 3. The molecule has 1 amide bonds. The maximum absolute atomic E-state index is 12.9. The number of hydrogen-bond donors (Lipinski definition) is 2. The first-order chi connectivity index (χ1) is 15.2. The van der Waals surface area contributed by atoms with Crippen LogP contribution in [0.4, 0.5) is 5.69 Å². The van der Waals surface area contributed by atoms with Crippen molar-refractivity contribution in [3.8, 4) is 16.9 Å². The summed E-state index contributed by atoms with van der Waals surface area (Å²) in [6.07, 6.45) is 0. The molecule has 4 rings (SSSR count). The number of phenolic OH excluding ortho intramolecular Hbond substituents is 1. The minimum absolute atomic E-state index is 0.0321. The Morgan fingerprint density at radius 2 is 1.84 bits per heavy atom. The van der Waals surface area contributed by atoms with Gasteiger partial charge in [0.25, 0.3) is 0 Å². The molecule has 8 heteroatoms. The van der Waals surface area contributed by atoms with Crippen molar-refractivity contribution >= 4 is 56.5 Å². The number of carbonyl (C=O) groups is 1. The van der Waals surface area contributed by atoms with Crippen molar-refractivity contribution in [2.24, 2.45) is 0 Å². The van der Waals surface area contributed by atoms with Crippen molar-refractivity contribution in [2.75, 3.05) is 5.32 Å². The molecule has 0 fully saturated rings. The van der Waals surface area contributed by atoms with Gasteiger partial charge in [0.2, 0.25) is 5.91 Å². The summed E-state index contributed by atoms with van der Waals surface area (Å²) in [4.78, 5) is 24.3. The van der Waals surface area contributed by atoms with E-state index in [1.165, 1.54) is 29.5 Å². The van der Waals surface area contributed by atoms with Gasteiger partial charge in [-0.1, -0.05) is 53.2 Å². The summed E-state index contributed by atoms with van der Waals surface area (Å²) in [5, 5.41) is 14.5. The predicted molar refractivity (Wildman–Crippen MR) is 134 cm³/mol. The third-order valence-corrected chi connectivity index (χ3v) is 7.34. The molecule has 0 aliphatic heterocycles. The average molecular weight is 484 g/mol. The molecule has 2 N–H and O–H groups in total. The van der Waals surface area contributed by atoms with E-state index in [1.807, 2.05) is 13.8 Å². The lowest BCUT2D eigenvalue weighted by atomic mass is 10.0. The Labute approximate surface area is 199 Å². The van der Waals surface area contributed by atoms with Crippen LogP contribution < -0.4 is 5.32 Å². The van der Waals surface area contributed by atoms with Gasteiger partial charge in [-0.3, -0.25) is 4.79 Å². The molecule has 0 aliphatic carbocycles. The fourth-order valence-corrected chi connectivity index (χ4v) is 5.73. The molecule has 2 heterocycles. The van der Waals surface area contributed by atoms with Crippen LogP contribution in [0.5, 0.6) is 5.75 Å². The van der Waals surface area contributed by atoms with Gasteiger partial charge >= 0.3 is 0 Å². The van der Waals surface area contributed by atoms with Crippen LogP contribution in [0.25, 0.3) is 21.3 Å². The summed E-state index contributed by atoms with van der Waals surface area (Å²) >= 11 is 9.01. The van der Waals surface area contributed by atoms with E-state index in [1.54, 1.807) is 17.4 Å². The van der Waals surface area contributed by atoms with Gasteiger partial charge in [0.15, 0.2) is 0 Å². The quantitative estimate of drug-likeness (QED) is 0.186. The van der Waals surface area contributed by atoms with E-state index in [2.05, 4.69) is 53.4 Å². The van der Waals surface area contributed by atoms with E-state index >= 15 is 0 Å². The largest absolute Gasteiger partial charge is 0.506 e. The standard InChI is InChI=1S/C24H22ClN3O2S2/c1-12-5-7-16(8-6-12)20-13(2)31-23-21(20)24(27-15(4)26-23)32-14(3)22(30)28-18-11-17(25)9-10-19(18)29/h5-11,14,29H,1-4H3,(H,28,30). The van der Waals surface area contributed by atoms with Crippen LogP contribution in [0.3, 0.4) is 0 Å². The number of aromatic hydroxyl groups is 1. The SMILES string of the molecule is Cc1ccc(-c2c(C)sc3nc(C)nc(SC(C)C(=O)Nc4cc(Cl)ccc4O)c23)cc1. The number of fused-ring (bicyclic) bond motifs is 1. The lowest BCUT2D eigenvalue weighted by Crippen LogP contribution is -2.22. The number of benzene rings is 2. The maximum Gasteiger partial charge on any atom is 0.237 e. The number of rotatable bonds is 5. The molecule has 0 bridgehead atoms. The van der Waals surface area contributed by atoms with Crippen LogP contribution in [0.15, 0.2) is 47.5 Å². The minimum Gasteiger partial charge on any atom is -0.506 e. The van der Waals surface area contributed by atoms with Crippen LogP contribution in [-0.2, 0) is 4.79 Å². The molecular formula is C24H22ClN3O2S2. The van der Waals surface area contributed by atoms with Crippen LogP contribution >= 0.6 is 34.7 Å². The monoisotopic (exact) mass is 483 g/mol. The molecule has 0 radical (unpaired) electrons. The summed E-state index contributed by atoms with van der Waals surface area (Å²) in [5.41, 5.74) is 3.69. The summed E-state index contributed by atoms with van der Waals surface area (Å²) < 4.78 is 0. The van der Waals surface area contributed by atoms with Gasteiger partial charge in [0.1, 0.15) is 21.4 Å². The fourth-order valence-electron chi connectivity index (χ4n) is 3.40. The van der Waals surface area contributed by atoms with Crippen molar-refractivity contribution in [3.05, 3.63) is 63.8 Å². The molecule has 2 aromatic heterocycles. The highest BCUT2D eigenvalue weighted by molar-refractivity contribution is 8.00. The maximum atomic E-state index is 12.9. The van der Waals surface area contributed by atoms with Gasteiger partial charge < -0.3 is 10.4 Å². The first-order valence-corrected chi connectivity index (χ1v) is 12.1. The van der Waals surface area contributed by atoms with E-state index in [-0.39, 0.29) is 17.3 Å². The molecule has 1 atom stereocenters. The highest BCUT2D eigenvalue weighted by Gasteiger charge is 2.23. The van der Waals surface area contributed by atoms with Gasteiger partial charge in [-0.05, 0) is 51.5 Å². The Balaban J connectivity index is 1.70. The van der Waals surface area contributed by atoms with Gasteiger partial charge in [0.05, 0.1) is 16.3 Å². The first kappa shape index (κ1) is 22.6. The highest BCUT2D eigenvalue weighted by Crippen LogP contribution is 2.42. The van der Waals surface area contributed by atoms with Crippen molar-refractivity contribution < 1.29 is 9.90 Å². The second-order valence-corrected chi connectivity index (χ2v) is 10.5. The number of carbonyl (C=O) groups excluding carboxylic acids is 1. The van der Waals surface area contributed by atoms with E-state index in [0.717, 1.165) is 31.2 Å². The summed E-state index contributed by atoms with van der Waals surface area (Å²) in [6, 6.07) is 12.9. The van der Waals surface area contributed by atoms with Crippen molar-refractivity contribution in [3.63, 3.8) is 0 Å². The fraction of sp³-hybridized carbons (Fsp3) is 0.208. The van der Waals surface area contributed by atoms with E-state index in [0.29, 0.717) is 10.8 Å². The Kier molecular flexibility index (Phi) is 6.42. The number of amides is 1. The summed E-state index contributed by atoms with van der Waals surface area (Å²) in [6.45, 7) is 7.83. The molecule has 0 saturated carbocycles. The molecule has 0 spiro atoms. The molecule has 1 unspecified atom stereocenters. The normalized spacial score (nSPS) is 12.2. The number of anilines is 1. The Bertz CT molecular complexity index is 1320. The number of phenols is 1. The van der Waals surface area contributed by atoms with Gasteiger partial charge in [-0.15, -0.1) is 11.3 Å². The van der Waals surface area contributed by atoms with Gasteiger partial charge in [-0.25, -0.2) is 9.97 Å². The summed E-state index contributed by atoms with van der Waals surface area (Å²) in [5.74, 6) is 0.382. The van der Waals surface area contributed by atoms with Crippen LogP contribution in [0.1, 0.15) is 23.2 Å². The van der Waals surface area contributed by atoms with Crippen LogP contribution in [0.2, 0.25) is 5.02 Å². The molecule has 2 aromatic carbocycles. The van der Waals surface area contributed by atoms with E-state index < -0.39 is 5.25 Å². The van der Waals surface area contributed by atoms with Gasteiger partial charge in [-0.2, -0.15) is 0 Å². The van der Waals surface area contributed by atoms with E-state index in [4.69, 9.17) is 11.6 Å². The molecule has 32 heavy (non-hydrogen) atoms. The number of thiophene rings is 1. The lowest BCUT2D eigenvalue weighted by Gasteiger charge is -2.14. The molecular weight excluding hydrogens is 462 g/mol. The Morgan fingerprint density at radius 3 is 2.56 bits per heavy atom. The number of hydrogen-bond acceptors (Lipinski definition) is 6. The first-order valence-electron chi connectivity index (χ1n) is 10.0. The zero-order valence-electron chi connectivity index (χ0n) is 18.1. The van der Waals surface area contributed by atoms with Crippen molar-refractivity contribution in [2.45, 2.75) is 38.0 Å². The number of halogens is 1. The lowest BCUT2D eigenvalue weighted by molar-refractivity contribution is -0.115. The third-order valence-electron chi connectivity index (χ3n) is 5.02. The number of nitrogens with one attached hydrogen (secondary N) is 1. The minimum atomic E-state index is -0.461. The Hall–Kier alpha value is -2.61. The molecule has 4 aromatic rings. The highest BCUT2D eigenvalue weighted by atomic mass is 35.5. The Morgan fingerprint density at radius 1 is 1.12 bits per heavy atom. The van der Waals surface area contributed by atoms with Crippen molar-refractivity contribution in [1.29, 1.82) is 0 Å². The average Bonchev–Trinajstić information content (AvgIpc) is 3.07. The van der Waals surface area contributed by atoms with Crippen molar-refractivity contribution in [1.82, 2.24) is 9.97 Å². The predicted octanol–water partition coefficient (Wildman–Crippen LogP) is 6.76. The van der Waals surface area contributed by atoms with Crippen LogP contribution in [0, 0.1) is 20.8 Å². The number of aromatic nitrogens is 2. The molecule has 5 nitrogen and oxygen atoms in total. The number of nitrogens with zero attached hydrogens (tertiary/aromatic N) is 2. The molecule has 0 saturated heterocycles. The molecule has 164 valence electrons. The zero-order chi connectivity index (χ0) is 23.0. The number of thioether (sulfide) groups is 1. The zero-order valence-corrected chi connectivity index (χ0v) is 20.5. The second kappa shape index (κ2) is 9.10. The van der Waals surface area contributed by atoms with Crippen LogP contribution in [-0.4, -0.2) is 26.2 Å². The smallest absolute Gasteiger partial charge is 0.237 e. The third kappa shape index (κ3) is 4.60. The molecule has 0 aliphatic rings. The second-order valence-electron chi connectivity index (χ2n) is 7.57. The van der Waals surface area contributed by atoms with Gasteiger partial charge in [0, 0.05) is 15.5 Å². The summed E-state index contributed by atoms with van der Waals surface area (Å²) in [7, 11) is 0.